The molecule has 2 atom stereocenters. The SMILES string of the molecule is CN1CCCC[C@H]1c1ncc(-c2ccc(-c3c4c(c(-c5ccc(-c6cnc([C@@H]7CCCN7C)[nH]6)cc5)c5c3C(C)(C)CC5)C(C)(C)CC4)cc2)[nH]1.COC.COC.NC=O.NC=O.O=CCc1ccccc1.O=CCc1ccccc1. The summed E-state index contributed by atoms with van der Waals surface area (Å²) in [6.45, 7) is 12.2. The fourth-order valence-corrected chi connectivity index (χ4v) is 11.6. The summed E-state index contributed by atoms with van der Waals surface area (Å²) in [5.41, 5.74) is 27.4. The molecule has 11 rings (SSSR count). The van der Waals surface area contributed by atoms with Gasteiger partial charge in [0.15, 0.2) is 0 Å². The second kappa shape index (κ2) is 32.2. The van der Waals surface area contributed by atoms with E-state index in [0.717, 1.165) is 72.7 Å². The van der Waals surface area contributed by atoms with Gasteiger partial charge in [-0.1, -0.05) is 143 Å². The molecule has 14 nitrogen and oxygen atoms in total. The Labute approximate surface area is 481 Å². The summed E-state index contributed by atoms with van der Waals surface area (Å²) in [4.78, 5) is 59.0. The number of carbonyl (C=O) groups is 4. The van der Waals surface area contributed by atoms with E-state index in [-0.39, 0.29) is 23.7 Å². The summed E-state index contributed by atoms with van der Waals surface area (Å²) < 4.78 is 8.50. The molecule has 81 heavy (non-hydrogen) atoms. The van der Waals surface area contributed by atoms with Crippen LogP contribution in [-0.2, 0) is 65.2 Å². The Morgan fingerprint density at radius 1 is 0.531 bits per heavy atom. The van der Waals surface area contributed by atoms with Crippen LogP contribution < -0.4 is 11.5 Å². The zero-order valence-corrected chi connectivity index (χ0v) is 49.6. The third-order valence-electron chi connectivity index (χ3n) is 15.5. The standard InChI is InChI=1S/C45H54N6.2C8H8O.2C2H6O.2CH3NO/c1-44(2)23-21-33-39(31-18-14-29(15-19-31)35-27-47-43(49-35)37-11-9-25-51(37)6)41-32(20-22-45(41,3)4)38(40(33)44)30-16-12-28(13-17-30)34-26-46-42(48-34)36-10-7-8-24-50(36)5;2*9-7-6-8-4-2-1-3-5-8;2*1-3-2;2*2-1-3/h12-19,26-27,36-37H,7-11,20-25H2,1-6H3,(H,46,48)(H,47,49);2*1-5,7H,6H2;2*1-2H3;2*1H,(H2,2,3)/t36-,37-;;;;;;/m0....../s1. The summed E-state index contributed by atoms with van der Waals surface area (Å²) in [7, 11) is 10.9. The number of fused-ring (bicyclic) bond motifs is 2. The van der Waals surface area contributed by atoms with Crippen LogP contribution in [0.25, 0.3) is 44.8 Å². The first-order chi connectivity index (χ1) is 39.1. The van der Waals surface area contributed by atoms with E-state index >= 15 is 0 Å². The van der Waals surface area contributed by atoms with Gasteiger partial charge in [-0.15, -0.1) is 0 Å². The van der Waals surface area contributed by atoms with E-state index in [1.165, 1.54) is 78.3 Å². The molecule has 4 heterocycles. The lowest BCUT2D eigenvalue weighted by Gasteiger charge is -2.31. The van der Waals surface area contributed by atoms with Crippen molar-refractivity contribution in [1.29, 1.82) is 0 Å². The smallest absolute Gasteiger partial charge is 0.204 e. The van der Waals surface area contributed by atoms with Crippen molar-refractivity contribution < 1.29 is 28.7 Å². The first-order valence-electron chi connectivity index (χ1n) is 28.1. The van der Waals surface area contributed by atoms with Gasteiger partial charge < -0.3 is 40.5 Å². The van der Waals surface area contributed by atoms with Gasteiger partial charge in [0.05, 0.1) is 35.9 Å². The van der Waals surface area contributed by atoms with Gasteiger partial charge in [-0.2, -0.15) is 0 Å². The quantitative estimate of drug-likeness (QED) is 0.0955. The number of imidazole rings is 2. The second-order valence-corrected chi connectivity index (χ2v) is 22.2. The van der Waals surface area contributed by atoms with Crippen molar-refractivity contribution in [2.24, 2.45) is 11.5 Å². The summed E-state index contributed by atoms with van der Waals surface area (Å²) >= 11 is 0. The number of amides is 2. The predicted octanol–water partition coefficient (Wildman–Crippen LogP) is 11.8. The van der Waals surface area contributed by atoms with Gasteiger partial charge in [0, 0.05) is 41.3 Å². The Balaban J connectivity index is 0.000000329. The molecular formula is C67H88N8O6. The lowest BCUT2D eigenvalue weighted by atomic mass is 9.73. The van der Waals surface area contributed by atoms with E-state index in [1.807, 2.05) is 73.1 Å². The molecule has 2 fully saturated rings. The van der Waals surface area contributed by atoms with Crippen LogP contribution in [0, 0.1) is 0 Å². The Morgan fingerprint density at radius 3 is 1.20 bits per heavy atom. The number of carbonyl (C=O) groups excluding carboxylic acids is 4. The minimum absolute atomic E-state index is 0.115. The molecule has 0 bridgehead atoms. The number of piperidine rings is 1. The first kappa shape index (κ1) is 64.5. The molecule has 2 aliphatic heterocycles. The highest BCUT2D eigenvalue weighted by atomic mass is 16.5. The van der Waals surface area contributed by atoms with E-state index in [1.54, 1.807) is 50.7 Å². The Kier molecular flexibility index (Phi) is 25.6. The van der Waals surface area contributed by atoms with Gasteiger partial charge in [0.25, 0.3) is 0 Å². The van der Waals surface area contributed by atoms with Gasteiger partial charge in [0.1, 0.15) is 24.2 Å². The summed E-state index contributed by atoms with van der Waals surface area (Å²) in [5.74, 6) is 2.20. The fourth-order valence-electron chi connectivity index (χ4n) is 11.6. The van der Waals surface area contributed by atoms with Crippen molar-refractivity contribution in [2.45, 2.75) is 121 Å². The second-order valence-electron chi connectivity index (χ2n) is 22.2. The molecule has 2 aromatic heterocycles. The molecule has 7 aromatic rings. The van der Waals surface area contributed by atoms with E-state index in [4.69, 9.17) is 19.6 Å². The highest BCUT2D eigenvalue weighted by Crippen LogP contribution is 2.56. The van der Waals surface area contributed by atoms with Crippen LogP contribution >= 0.6 is 0 Å². The average Bonchev–Trinajstić information content (AvgIpc) is 4.43. The van der Waals surface area contributed by atoms with Crippen molar-refractivity contribution in [3.63, 3.8) is 0 Å². The first-order valence-corrected chi connectivity index (χ1v) is 28.1. The van der Waals surface area contributed by atoms with E-state index in [0.29, 0.717) is 24.9 Å². The van der Waals surface area contributed by atoms with Crippen molar-refractivity contribution in [1.82, 2.24) is 29.7 Å². The number of aromatic amines is 2. The number of aromatic nitrogens is 4. The minimum Gasteiger partial charge on any atom is -0.388 e. The number of methoxy groups -OCH3 is 2. The number of benzene rings is 5. The molecule has 2 aliphatic carbocycles. The molecule has 14 heteroatoms. The van der Waals surface area contributed by atoms with Gasteiger partial charge in [-0.25, -0.2) is 9.97 Å². The lowest BCUT2D eigenvalue weighted by Crippen LogP contribution is -2.30. The van der Waals surface area contributed by atoms with Gasteiger partial charge in [0.2, 0.25) is 12.8 Å². The number of nitrogens with two attached hydrogens (primary N) is 2. The van der Waals surface area contributed by atoms with Crippen LogP contribution in [0.1, 0.15) is 130 Å². The van der Waals surface area contributed by atoms with Gasteiger partial charge >= 0.3 is 0 Å². The van der Waals surface area contributed by atoms with Crippen molar-refractivity contribution >= 4 is 25.4 Å². The van der Waals surface area contributed by atoms with Crippen molar-refractivity contribution in [2.75, 3.05) is 55.6 Å². The minimum atomic E-state index is 0.115. The number of likely N-dealkylation sites (tertiary alicyclic amines) is 2. The number of hydrogen-bond acceptors (Lipinski definition) is 10. The van der Waals surface area contributed by atoms with Crippen LogP contribution in [0.4, 0.5) is 0 Å². The number of aldehydes is 2. The molecule has 6 N–H and O–H groups in total. The van der Waals surface area contributed by atoms with Crippen molar-refractivity contribution in [3.05, 3.63) is 167 Å². The van der Waals surface area contributed by atoms with Gasteiger partial charge in [-0.3, -0.25) is 19.4 Å². The third-order valence-corrected chi connectivity index (χ3v) is 15.5. The normalized spacial score (nSPS) is 17.1. The highest BCUT2D eigenvalue weighted by Gasteiger charge is 2.43. The Morgan fingerprint density at radius 2 is 0.864 bits per heavy atom. The monoisotopic (exact) mass is 1100 g/mol. The van der Waals surface area contributed by atoms with Crippen LogP contribution in [-0.4, -0.2) is 111 Å². The lowest BCUT2D eigenvalue weighted by molar-refractivity contribution is -0.108. The van der Waals surface area contributed by atoms with Crippen molar-refractivity contribution in [3.8, 4) is 44.8 Å². The molecule has 0 spiro atoms. The zero-order valence-electron chi connectivity index (χ0n) is 49.6. The molecule has 2 amide bonds. The van der Waals surface area contributed by atoms with Crippen LogP contribution in [0.15, 0.2) is 122 Å². The highest BCUT2D eigenvalue weighted by molar-refractivity contribution is 5.88. The molecule has 432 valence electrons. The Bertz CT molecular complexity index is 2950. The van der Waals surface area contributed by atoms with Crippen LogP contribution in [0.3, 0.4) is 0 Å². The molecule has 0 unspecified atom stereocenters. The summed E-state index contributed by atoms with van der Waals surface area (Å²) in [6, 6.07) is 38.9. The molecule has 2 saturated heterocycles. The van der Waals surface area contributed by atoms with Gasteiger partial charge in [-0.05, 0) is 156 Å². The van der Waals surface area contributed by atoms with E-state index in [2.05, 4.69) is 131 Å². The number of rotatable bonds is 10. The number of ether oxygens (including phenoxy) is 2. The molecule has 0 saturated carbocycles. The van der Waals surface area contributed by atoms with E-state index in [9.17, 15) is 9.59 Å². The predicted molar refractivity (Wildman–Crippen MR) is 328 cm³/mol. The zero-order chi connectivity index (χ0) is 59.0. The van der Waals surface area contributed by atoms with Crippen LogP contribution in [0.5, 0.6) is 0 Å². The summed E-state index contributed by atoms with van der Waals surface area (Å²) in [5, 5.41) is 0. The summed E-state index contributed by atoms with van der Waals surface area (Å²) in [6.07, 6.45) is 18.2. The molecule has 0 radical (unpaired) electrons. The molecular weight excluding hydrogens is 1010 g/mol. The number of H-pyrrole nitrogens is 2. The number of nitrogens with zero attached hydrogens (tertiary/aromatic N) is 4. The Hall–Kier alpha value is -7.36. The topological polar surface area (TPSA) is 203 Å². The maximum Gasteiger partial charge on any atom is 0.204 e. The average molecular weight is 1100 g/mol. The van der Waals surface area contributed by atoms with E-state index < -0.39 is 0 Å². The number of nitrogens with one attached hydrogen (secondary N) is 2. The molecule has 5 aromatic carbocycles. The maximum atomic E-state index is 9.97. The largest absolute Gasteiger partial charge is 0.388 e. The molecule has 4 aliphatic rings. The third kappa shape index (κ3) is 17.1. The maximum absolute atomic E-state index is 9.97. The van der Waals surface area contributed by atoms with Crippen LogP contribution in [0.2, 0.25) is 0 Å². The fraction of sp³-hybridized carbons (Fsp3) is 0.403. The number of hydrogen-bond donors (Lipinski definition) is 4. The number of primary amides is 2.